The van der Waals surface area contributed by atoms with Gasteiger partial charge in [0.2, 0.25) is 11.9 Å². The van der Waals surface area contributed by atoms with Crippen molar-refractivity contribution < 1.29 is 9.53 Å². The van der Waals surface area contributed by atoms with Gasteiger partial charge in [-0.05, 0) is 62.0 Å². The monoisotopic (exact) mass is 409 g/mol. The van der Waals surface area contributed by atoms with Crippen LogP contribution in [0.2, 0.25) is 0 Å². The van der Waals surface area contributed by atoms with Crippen molar-refractivity contribution in [1.82, 2.24) is 19.8 Å². The van der Waals surface area contributed by atoms with E-state index in [1.54, 1.807) is 19.5 Å². The van der Waals surface area contributed by atoms with Crippen LogP contribution in [0.15, 0.2) is 42.7 Å². The SMILES string of the molecule is COc1ccc(CC2CCN(CC(=O)N3CCN(c4ncccn4)CC3)CC2)cc1. The van der Waals surface area contributed by atoms with Crippen molar-refractivity contribution in [2.75, 3.05) is 57.8 Å². The number of piperidine rings is 1. The van der Waals surface area contributed by atoms with Crippen molar-refractivity contribution in [3.63, 3.8) is 0 Å². The number of hydrogen-bond acceptors (Lipinski definition) is 6. The summed E-state index contributed by atoms with van der Waals surface area (Å²) in [5.41, 5.74) is 1.37. The van der Waals surface area contributed by atoms with Gasteiger partial charge in [0.05, 0.1) is 13.7 Å². The molecule has 2 saturated heterocycles. The molecule has 1 aromatic heterocycles. The van der Waals surface area contributed by atoms with E-state index in [1.807, 2.05) is 23.1 Å². The topological polar surface area (TPSA) is 61.8 Å². The van der Waals surface area contributed by atoms with E-state index in [0.29, 0.717) is 12.5 Å². The minimum absolute atomic E-state index is 0.247. The summed E-state index contributed by atoms with van der Waals surface area (Å²) in [5.74, 6) is 2.60. The van der Waals surface area contributed by atoms with E-state index in [-0.39, 0.29) is 5.91 Å². The highest BCUT2D eigenvalue weighted by Gasteiger charge is 2.26. The molecule has 0 unspecified atom stereocenters. The first-order chi connectivity index (χ1) is 14.7. The molecule has 0 saturated carbocycles. The molecule has 2 aromatic rings. The third-order valence-corrected chi connectivity index (χ3v) is 6.22. The lowest BCUT2D eigenvalue weighted by atomic mass is 9.90. The molecule has 2 fully saturated rings. The molecular formula is C23H31N5O2. The van der Waals surface area contributed by atoms with Crippen molar-refractivity contribution in [1.29, 1.82) is 0 Å². The Morgan fingerprint density at radius 2 is 1.67 bits per heavy atom. The average Bonchev–Trinajstić information content (AvgIpc) is 2.81. The minimum Gasteiger partial charge on any atom is -0.497 e. The standard InChI is InChI=1S/C23H31N5O2/c1-30-21-5-3-19(4-6-21)17-20-7-11-26(12-8-20)18-22(29)27-13-15-28(16-14-27)23-24-9-2-10-25-23/h2-6,9-10,20H,7-8,11-18H2,1H3. The third kappa shape index (κ3) is 5.27. The molecule has 0 spiro atoms. The van der Waals surface area contributed by atoms with Gasteiger partial charge in [-0.2, -0.15) is 0 Å². The summed E-state index contributed by atoms with van der Waals surface area (Å²) in [7, 11) is 1.70. The number of methoxy groups -OCH3 is 1. The van der Waals surface area contributed by atoms with Crippen LogP contribution in [0.4, 0.5) is 5.95 Å². The number of nitrogens with zero attached hydrogens (tertiary/aromatic N) is 5. The van der Waals surface area contributed by atoms with Crippen LogP contribution in [0.5, 0.6) is 5.75 Å². The fraction of sp³-hybridized carbons (Fsp3) is 0.522. The number of amides is 1. The molecule has 0 radical (unpaired) electrons. The number of anilines is 1. The van der Waals surface area contributed by atoms with Crippen LogP contribution >= 0.6 is 0 Å². The summed E-state index contributed by atoms with van der Waals surface area (Å²) in [6, 6.07) is 10.2. The zero-order valence-corrected chi connectivity index (χ0v) is 17.7. The summed E-state index contributed by atoms with van der Waals surface area (Å²) >= 11 is 0. The van der Waals surface area contributed by atoms with Gasteiger partial charge in [0.1, 0.15) is 5.75 Å². The third-order valence-electron chi connectivity index (χ3n) is 6.22. The quantitative estimate of drug-likeness (QED) is 0.728. The van der Waals surface area contributed by atoms with Crippen LogP contribution in [-0.2, 0) is 11.2 Å². The molecule has 1 amide bonds. The molecule has 3 heterocycles. The number of aromatic nitrogens is 2. The van der Waals surface area contributed by atoms with E-state index in [4.69, 9.17) is 4.74 Å². The lowest BCUT2D eigenvalue weighted by Gasteiger charge is -2.37. The summed E-state index contributed by atoms with van der Waals surface area (Å²) in [6.45, 7) is 5.61. The highest BCUT2D eigenvalue weighted by molar-refractivity contribution is 5.78. The Bertz CT molecular complexity index is 798. The normalized spacial score (nSPS) is 18.4. The molecule has 1 aromatic carbocycles. The maximum Gasteiger partial charge on any atom is 0.236 e. The molecule has 160 valence electrons. The van der Waals surface area contributed by atoms with Gasteiger partial charge in [-0.1, -0.05) is 12.1 Å². The molecule has 0 atom stereocenters. The van der Waals surface area contributed by atoms with Crippen molar-refractivity contribution >= 4 is 11.9 Å². The highest BCUT2D eigenvalue weighted by atomic mass is 16.5. The van der Waals surface area contributed by atoms with Crippen LogP contribution in [0.3, 0.4) is 0 Å². The second-order valence-electron chi connectivity index (χ2n) is 8.19. The Balaban J connectivity index is 1.18. The van der Waals surface area contributed by atoms with E-state index >= 15 is 0 Å². The van der Waals surface area contributed by atoms with E-state index < -0.39 is 0 Å². The van der Waals surface area contributed by atoms with Gasteiger partial charge in [0.15, 0.2) is 0 Å². The first-order valence-corrected chi connectivity index (χ1v) is 10.9. The van der Waals surface area contributed by atoms with Crippen molar-refractivity contribution in [2.24, 2.45) is 5.92 Å². The number of ether oxygens (including phenoxy) is 1. The molecule has 30 heavy (non-hydrogen) atoms. The first kappa shape index (κ1) is 20.6. The van der Waals surface area contributed by atoms with Gasteiger partial charge >= 0.3 is 0 Å². The maximum atomic E-state index is 12.8. The van der Waals surface area contributed by atoms with Gasteiger partial charge in [0.25, 0.3) is 0 Å². The minimum atomic E-state index is 0.247. The molecular weight excluding hydrogens is 378 g/mol. The summed E-state index contributed by atoms with van der Waals surface area (Å²) < 4.78 is 5.24. The highest BCUT2D eigenvalue weighted by Crippen LogP contribution is 2.23. The zero-order chi connectivity index (χ0) is 20.8. The number of piperazine rings is 1. The van der Waals surface area contributed by atoms with Crippen LogP contribution in [0, 0.1) is 5.92 Å². The zero-order valence-electron chi connectivity index (χ0n) is 17.7. The summed E-state index contributed by atoms with van der Waals surface area (Å²) in [5, 5.41) is 0. The van der Waals surface area contributed by atoms with Gasteiger partial charge in [-0.25, -0.2) is 9.97 Å². The number of likely N-dealkylation sites (tertiary alicyclic amines) is 1. The first-order valence-electron chi connectivity index (χ1n) is 10.9. The Hall–Kier alpha value is -2.67. The Labute approximate surface area is 178 Å². The molecule has 7 nitrogen and oxygen atoms in total. The number of carbonyl (C=O) groups excluding carboxylic acids is 1. The lowest BCUT2D eigenvalue weighted by molar-refractivity contribution is -0.133. The predicted octanol–water partition coefficient (Wildman–Crippen LogP) is 2.09. The number of benzene rings is 1. The van der Waals surface area contributed by atoms with Crippen LogP contribution in [0.1, 0.15) is 18.4 Å². The Morgan fingerprint density at radius 3 is 2.30 bits per heavy atom. The number of carbonyl (C=O) groups is 1. The fourth-order valence-corrected chi connectivity index (χ4v) is 4.35. The molecule has 0 aliphatic carbocycles. The largest absolute Gasteiger partial charge is 0.497 e. The lowest BCUT2D eigenvalue weighted by Crippen LogP contribution is -2.52. The van der Waals surface area contributed by atoms with Crippen molar-refractivity contribution in [3.05, 3.63) is 48.3 Å². The smallest absolute Gasteiger partial charge is 0.236 e. The average molecular weight is 410 g/mol. The number of rotatable bonds is 6. The van der Waals surface area contributed by atoms with E-state index in [0.717, 1.165) is 70.2 Å². The molecule has 2 aliphatic heterocycles. The van der Waals surface area contributed by atoms with Crippen LogP contribution < -0.4 is 9.64 Å². The molecule has 4 rings (SSSR count). The summed E-state index contributed by atoms with van der Waals surface area (Å²) in [4.78, 5) is 27.8. The predicted molar refractivity (Wildman–Crippen MR) is 117 cm³/mol. The van der Waals surface area contributed by atoms with Crippen molar-refractivity contribution in [3.8, 4) is 5.75 Å². The fourth-order valence-electron chi connectivity index (χ4n) is 4.35. The summed E-state index contributed by atoms with van der Waals surface area (Å²) in [6.07, 6.45) is 6.93. The van der Waals surface area contributed by atoms with Gasteiger partial charge in [-0.3, -0.25) is 9.69 Å². The Morgan fingerprint density at radius 1 is 1.00 bits per heavy atom. The molecule has 2 aliphatic rings. The van der Waals surface area contributed by atoms with Crippen LogP contribution in [-0.4, -0.2) is 78.6 Å². The molecule has 0 bridgehead atoms. The Kier molecular flexibility index (Phi) is 6.79. The second-order valence-corrected chi connectivity index (χ2v) is 8.19. The second kappa shape index (κ2) is 9.89. The van der Waals surface area contributed by atoms with Crippen molar-refractivity contribution in [2.45, 2.75) is 19.3 Å². The van der Waals surface area contributed by atoms with Crippen LogP contribution in [0.25, 0.3) is 0 Å². The van der Waals surface area contributed by atoms with Gasteiger partial charge < -0.3 is 14.5 Å². The van der Waals surface area contributed by atoms with E-state index in [2.05, 4.69) is 31.9 Å². The molecule has 0 N–H and O–H groups in total. The van der Waals surface area contributed by atoms with Gasteiger partial charge in [-0.15, -0.1) is 0 Å². The van der Waals surface area contributed by atoms with E-state index in [9.17, 15) is 4.79 Å². The molecule has 7 heteroatoms. The maximum absolute atomic E-state index is 12.8. The van der Waals surface area contributed by atoms with Gasteiger partial charge in [0, 0.05) is 38.6 Å². The number of hydrogen-bond donors (Lipinski definition) is 0. The van der Waals surface area contributed by atoms with E-state index in [1.165, 1.54) is 5.56 Å².